The van der Waals surface area contributed by atoms with Crippen LogP contribution in [-0.2, 0) is 4.74 Å². The summed E-state index contributed by atoms with van der Waals surface area (Å²) >= 11 is 0. The maximum Gasteiger partial charge on any atom is 0.409 e. The van der Waals surface area contributed by atoms with Gasteiger partial charge in [-0.25, -0.2) is 4.79 Å². The van der Waals surface area contributed by atoms with E-state index in [1.165, 1.54) is 0 Å². The van der Waals surface area contributed by atoms with Crippen LogP contribution in [-0.4, -0.2) is 43.8 Å². The molecule has 0 saturated heterocycles. The number of carbonyl (C=O) groups excluding carboxylic acids is 1. The van der Waals surface area contributed by atoms with Crippen molar-refractivity contribution in [2.45, 2.75) is 31.8 Å². The number of carbonyl (C=O) groups is 1. The predicted octanol–water partition coefficient (Wildman–Crippen LogP) is 0.825. The molecule has 13 heavy (non-hydrogen) atoms. The zero-order valence-corrected chi connectivity index (χ0v) is 8.54. The third-order valence-corrected chi connectivity index (χ3v) is 2.66. The molecule has 1 aliphatic carbocycles. The smallest absolute Gasteiger partial charge is 0.409 e. The van der Waals surface area contributed by atoms with Crippen molar-refractivity contribution in [3.8, 4) is 0 Å². The van der Waals surface area contributed by atoms with Crippen LogP contribution in [0.3, 0.4) is 0 Å². The van der Waals surface area contributed by atoms with Gasteiger partial charge in [-0.05, 0) is 26.8 Å². The Bertz CT molecular complexity index is 182. The van der Waals surface area contributed by atoms with Crippen molar-refractivity contribution in [2.75, 3.05) is 20.7 Å². The number of hydrogen-bond acceptors (Lipinski definition) is 3. The first-order valence-electron chi connectivity index (χ1n) is 4.77. The van der Waals surface area contributed by atoms with Crippen molar-refractivity contribution in [2.24, 2.45) is 0 Å². The lowest BCUT2D eigenvalue weighted by Gasteiger charge is -2.41. The van der Waals surface area contributed by atoms with Gasteiger partial charge in [0.15, 0.2) is 0 Å². The number of likely N-dealkylation sites (N-methyl/N-ethyl adjacent to an activating group) is 2. The van der Waals surface area contributed by atoms with Crippen LogP contribution in [0.4, 0.5) is 4.79 Å². The molecule has 4 heteroatoms. The Kier molecular flexibility index (Phi) is 3.54. The first-order valence-corrected chi connectivity index (χ1v) is 4.77. The van der Waals surface area contributed by atoms with E-state index in [9.17, 15) is 4.79 Å². The first kappa shape index (κ1) is 10.3. The van der Waals surface area contributed by atoms with Crippen LogP contribution in [0, 0.1) is 0 Å². The highest BCUT2D eigenvalue weighted by molar-refractivity contribution is 5.67. The van der Waals surface area contributed by atoms with E-state index in [1.807, 2.05) is 14.0 Å². The number of hydrogen-bond donors (Lipinski definition) is 1. The molecule has 1 saturated carbocycles. The van der Waals surface area contributed by atoms with Gasteiger partial charge in [0.25, 0.3) is 0 Å². The molecule has 0 unspecified atom stereocenters. The Hall–Kier alpha value is -0.770. The van der Waals surface area contributed by atoms with Gasteiger partial charge in [0, 0.05) is 13.1 Å². The standard InChI is InChI=1S/C9H18N2O2/c1-4-13-9(12)11(3)8-6-5-7(8)10-2/h7-8,10H,4-6H2,1-3H3/t7-,8-/m1/s1. The minimum atomic E-state index is -0.215. The van der Waals surface area contributed by atoms with Gasteiger partial charge >= 0.3 is 6.09 Å². The predicted molar refractivity (Wildman–Crippen MR) is 50.7 cm³/mol. The van der Waals surface area contributed by atoms with Crippen LogP contribution >= 0.6 is 0 Å². The monoisotopic (exact) mass is 186 g/mol. The van der Waals surface area contributed by atoms with E-state index in [-0.39, 0.29) is 6.09 Å². The lowest BCUT2D eigenvalue weighted by atomic mass is 9.85. The van der Waals surface area contributed by atoms with Crippen LogP contribution in [0.5, 0.6) is 0 Å². The molecular weight excluding hydrogens is 168 g/mol. The summed E-state index contributed by atoms with van der Waals surface area (Å²) in [4.78, 5) is 13.0. The minimum absolute atomic E-state index is 0.215. The Morgan fingerprint density at radius 1 is 1.62 bits per heavy atom. The lowest BCUT2D eigenvalue weighted by molar-refractivity contribution is 0.0690. The van der Waals surface area contributed by atoms with E-state index >= 15 is 0 Å². The molecule has 1 fully saturated rings. The zero-order valence-electron chi connectivity index (χ0n) is 8.54. The van der Waals surface area contributed by atoms with Crippen LogP contribution in [0.15, 0.2) is 0 Å². The Morgan fingerprint density at radius 2 is 2.31 bits per heavy atom. The molecule has 0 aromatic rings. The number of amides is 1. The van der Waals surface area contributed by atoms with Crippen molar-refractivity contribution in [1.29, 1.82) is 0 Å². The molecule has 0 radical (unpaired) electrons. The first-order chi connectivity index (χ1) is 6.20. The van der Waals surface area contributed by atoms with Gasteiger partial charge in [-0.2, -0.15) is 0 Å². The molecule has 0 aromatic heterocycles. The molecule has 1 amide bonds. The van der Waals surface area contributed by atoms with E-state index < -0.39 is 0 Å². The summed E-state index contributed by atoms with van der Waals surface area (Å²) in [6.07, 6.45) is 2.00. The van der Waals surface area contributed by atoms with Gasteiger partial charge in [0.05, 0.1) is 12.6 Å². The summed E-state index contributed by atoms with van der Waals surface area (Å²) in [5, 5.41) is 3.18. The Morgan fingerprint density at radius 3 is 2.69 bits per heavy atom. The quantitative estimate of drug-likeness (QED) is 0.709. The molecular formula is C9H18N2O2. The summed E-state index contributed by atoms with van der Waals surface area (Å²) in [5.41, 5.74) is 0. The fraction of sp³-hybridized carbons (Fsp3) is 0.889. The molecule has 0 aromatic carbocycles. The zero-order chi connectivity index (χ0) is 9.84. The Labute approximate surface area is 79.2 Å². The van der Waals surface area contributed by atoms with Crippen molar-refractivity contribution in [1.82, 2.24) is 10.2 Å². The van der Waals surface area contributed by atoms with E-state index in [0.717, 1.165) is 12.8 Å². The van der Waals surface area contributed by atoms with Crippen molar-refractivity contribution in [3.05, 3.63) is 0 Å². The summed E-state index contributed by atoms with van der Waals surface area (Å²) < 4.78 is 4.91. The maximum atomic E-state index is 11.3. The van der Waals surface area contributed by atoms with Gasteiger partial charge in [-0.15, -0.1) is 0 Å². The topological polar surface area (TPSA) is 41.6 Å². The number of rotatable bonds is 3. The second-order valence-electron chi connectivity index (χ2n) is 3.35. The highest BCUT2D eigenvalue weighted by Crippen LogP contribution is 2.24. The molecule has 0 spiro atoms. The van der Waals surface area contributed by atoms with Crippen molar-refractivity contribution in [3.63, 3.8) is 0 Å². The third kappa shape index (κ3) is 2.12. The highest BCUT2D eigenvalue weighted by atomic mass is 16.6. The van der Waals surface area contributed by atoms with Crippen LogP contribution in [0.2, 0.25) is 0 Å². The minimum Gasteiger partial charge on any atom is -0.450 e. The fourth-order valence-corrected chi connectivity index (χ4v) is 1.64. The molecule has 76 valence electrons. The second kappa shape index (κ2) is 4.46. The Balaban J connectivity index is 2.38. The van der Waals surface area contributed by atoms with E-state index in [2.05, 4.69) is 5.32 Å². The lowest BCUT2D eigenvalue weighted by Crippen LogP contribution is -2.56. The van der Waals surface area contributed by atoms with Gasteiger partial charge in [-0.1, -0.05) is 0 Å². The molecule has 2 atom stereocenters. The SMILES string of the molecule is CCOC(=O)N(C)[C@@H]1CC[C@H]1NC. The van der Waals surface area contributed by atoms with Crippen molar-refractivity contribution >= 4 is 6.09 Å². The molecule has 4 nitrogen and oxygen atoms in total. The number of ether oxygens (including phenoxy) is 1. The highest BCUT2D eigenvalue weighted by Gasteiger charge is 2.35. The number of nitrogens with one attached hydrogen (secondary N) is 1. The van der Waals surface area contributed by atoms with Crippen LogP contribution < -0.4 is 5.32 Å². The average Bonchev–Trinajstić information content (AvgIpc) is 2.03. The number of nitrogens with zero attached hydrogens (tertiary/aromatic N) is 1. The summed E-state index contributed by atoms with van der Waals surface area (Å²) in [5.74, 6) is 0. The normalized spacial score (nSPS) is 26.4. The maximum absolute atomic E-state index is 11.3. The second-order valence-corrected chi connectivity index (χ2v) is 3.35. The summed E-state index contributed by atoms with van der Waals surface area (Å²) in [7, 11) is 3.72. The van der Waals surface area contributed by atoms with E-state index in [0.29, 0.717) is 18.7 Å². The van der Waals surface area contributed by atoms with E-state index in [1.54, 1.807) is 11.9 Å². The molecule has 1 aliphatic rings. The summed E-state index contributed by atoms with van der Waals surface area (Å²) in [6.45, 7) is 2.27. The molecule has 0 bridgehead atoms. The van der Waals surface area contributed by atoms with Gasteiger partial charge in [0.2, 0.25) is 0 Å². The van der Waals surface area contributed by atoms with Gasteiger partial charge < -0.3 is 15.0 Å². The molecule has 0 aliphatic heterocycles. The largest absolute Gasteiger partial charge is 0.450 e. The van der Waals surface area contributed by atoms with Crippen LogP contribution in [0.25, 0.3) is 0 Å². The van der Waals surface area contributed by atoms with Crippen molar-refractivity contribution < 1.29 is 9.53 Å². The van der Waals surface area contributed by atoms with Gasteiger partial charge in [-0.3, -0.25) is 0 Å². The summed E-state index contributed by atoms with van der Waals surface area (Å²) in [6, 6.07) is 0.749. The fourth-order valence-electron chi connectivity index (χ4n) is 1.64. The molecule has 1 rings (SSSR count). The average molecular weight is 186 g/mol. The molecule has 0 heterocycles. The molecule has 1 N–H and O–H groups in total. The van der Waals surface area contributed by atoms with Gasteiger partial charge in [0.1, 0.15) is 0 Å². The third-order valence-electron chi connectivity index (χ3n) is 2.66. The van der Waals surface area contributed by atoms with E-state index in [4.69, 9.17) is 4.74 Å². The van der Waals surface area contributed by atoms with Crippen LogP contribution in [0.1, 0.15) is 19.8 Å².